The molecule has 26 heavy (non-hydrogen) atoms. The summed E-state index contributed by atoms with van der Waals surface area (Å²) in [6.45, 7) is 11.2. The first-order valence-corrected chi connectivity index (χ1v) is 12.6. The van der Waals surface area contributed by atoms with Crippen molar-refractivity contribution in [3.8, 4) is 0 Å². The first kappa shape index (κ1) is 19.9. The van der Waals surface area contributed by atoms with Gasteiger partial charge in [0.1, 0.15) is 0 Å². The van der Waals surface area contributed by atoms with Crippen LogP contribution in [0.15, 0.2) is 72.4 Å². The second kappa shape index (κ2) is 8.81. The van der Waals surface area contributed by atoms with Crippen molar-refractivity contribution in [1.82, 2.24) is 4.90 Å². The molecule has 0 bridgehead atoms. The zero-order valence-corrected chi connectivity index (χ0v) is 17.5. The summed E-state index contributed by atoms with van der Waals surface area (Å²) in [4.78, 5) is 14.4. The summed E-state index contributed by atoms with van der Waals surface area (Å²) >= 11 is 0. The normalized spacial score (nSPS) is 12.4. The van der Waals surface area contributed by atoms with Crippen molar-refractivity contribution in [3.63, 3.8) is 0 Å². The largest absolute Gasteiger partial charge is 0.308 e. The molecule has 0 spiro atoms. The molecular formula is C23H29NOSi. The number of allylic oxidation sites excluding steroid dienone is 2. The van der Waals surface area contributed by atoms with Crippen LogP contribution in [-0.4, -0.2) is 18.9 Å². The van der Waals surface area contributed by atoms with Crippen molar-refractivity contribution < 1.29 is 4.79 Å². The predicted molar refractivity (Wildman–Crippen MR) is 114 cm³/mol. The monoisotopic (exact) mass is 363 g/mol. The molecule has 2 aromatic carbocycles. The first-order valence-electron chi connectivity index (χ1n) is 9.05. The molecule has 2 rings (SSSR count). The fraction of sp³-hybridized carbons (Fsp3) is 0.261. The van der Waals surface area contributed by atoms with Gasteiger partial charge in [-0.15, -0.1) is 0 Å². The third kappa shape index (κ3) is 5.85. The third-order valence-corrected chi connectivity index (χ3v) is 5.32. The quantitative estimate of drug-likeness (QED) is 0.468. The molecule has 0 fully saturated rings. The highest BCUT2D eigenvalue weighted by Crippen LogP contribution is 2.25. The number of aryl methyl sites for hydroxylation is 1. The third-order valence-electron chi connectivity index (χ3n) is 4.13. The summed E-state index contributed by atoms with van der Waals surface area (Å²) in [5.41, 5.74) is 6.63. The second-order valence-corrected chi connectivity index (χ2v) is 12.7. The molecule has 0 saturated heterocycles. The van der Waals surface area contributed by atoms with E-state index >= 15 is 0 Å². The number of nitrogens with zero attached hydrogens (tertiary/aromatic N) is 1. The van der Waals surface area contributed by atoms with Gasteiger partial charge < -0.3 is 4.90 Å². The molecule has 0 saturated carbocycles. The molecule has 2 aromatic rings. The molecule has 0 radical (unpaired) electrons. The van der Waals surface area contributed by atoms with Gasteiger partial charge in [0.15, 0.2) is 0 Å². The van der Waals surface area contributed by atoms with E-state index in [0.717, 1.165) is 16.8 Å². The average molecular weight is 364 g/mol. The van der Waals surface area contributed by atoms with Crippen molar-refractivity contribution in [2.24, 2.45) is 0 Å². The Labute approximate surface area is 158 Å². The predicted octanol–water partition coefficient (Wildman–Crippen LogP) is 5.82. The fourth-order valence-electron chi connectivity index (χ4n) is 2.75. The first-order chi connectivity index (χ1) is 12.3. The molecule has 0 aliphatic rings. The Morgan fingerprint density at radius 1 is 1.00 bits per heavy atom. The lowest BCUT2D eigenvalue weighted by atomic mass is 10.0. The van der Waals surface area contributed by atoms with Gasteiger partial charge in [-0.1, -0.05) is 86.0 Å². The lowest BCUT2D eigenvalue weighted by Crippen LogP contribution is -2.27. The molecule has 1 amide bonds. The van der Waals surface area contributed by atoms with Crippen LogP contribution in [0.2, 0.25) is 19.6 Å². The average Bonchev–Trinajstić information content (AvgIpc) is 2.58. The van der Waals surface area contributed by atoms with Crippen LogP contribution in [0.4, 0.5) is 0 Å². The lowest BCUT2D eigenvalue weighted by molar-refractivity contribution is -0.126. The summed E-state index contributed by atoms with van der Waals surface area (Å²) in [7, 11) is -1.30. The Hall–Kier alpha value is -2.39. The maximum absolute atomic E-state index is 12.5. The van der Waals surface area contributed by atoms with E-state index in [0.29, 0.717) is 6.54 Å². The minimum Gasteiger partial charge on any atom is -0.308 e. The van der Waals surface area contributed by atoms with Gasteiger partial charge in [-0.2, -0.15) is 0 Å². The van der Waals surface area contributed by atoms with Crippen LogP contribution in [0, 0.1) is 6.92 Å². The number of hydrogen-bond donors (Lipinski definition) is 0. The Bertz CT molecular complexity index is 800. The second-order valence-electron chi connectivity index (χ2n) is 7.68. The van der Waals surface area contributed by atoms with Gasteiger partial charge in [0, 0.05) is 12.5 Å². The molecule has 136 valence electrons. The van der Waals surface area contributed by atoms with Crippen LogP contribution in [0.5, 0.6) is 0 Å². The molecule has 3 heteroatoms. The van der Waals surface area contributed by atoms with Crippen molar-refractivity contribution in [2.45, 2.75) is 40.0 Å². The SMILES string of the molecule is CC(=O)N(Cc1ccccc1)/C(=C\C=C\[Si](C)(C)C)c1ccccc1C. The highest BCUT2D eigenvalue weighted by molar-refractivity contribution is 6.81. The van der Waals surface area contributed by atoms with Crippen molar-refractivity contribution >= 4 is 19.7 Å². The number of carbonyl (C=O) groups excluding carboxylic acids is 1. The van der Waals surface area contributed by atoms with E-state index in [-0.39, 0.29) is 5.91 Å². The van der Waals surface area contributed by atoms with Crippen LogP contribution in [0.1, 0.15) is 23.6 Å². The van der Waals surface area contributed by atoms with E-state index in [4.69, 9.17) is 0 Å². The molecule has 0 aromatic heterocycles. The molecule has 2 nitrogen and oxygen atoms in total. The molecular weight excluding hydrogens is 334 g/mol. The van der Waals surface area contributed by atoms with E-state index in [2.05, 4.69) is 68.7 Å². The summed E-state index contributed by atoms with van der Waals surface area (Å²) in [5, 5.41) is 0. The summed E-state index contributed by atoms with van der Waals surface area (Å²) in [6, 6.07) is 18.4. The minimum absolute atomic E-state index is 0.0461. The van der Waals surface area contributed by atoms with Gasteiger partial charge in [0.2, 0.25) is 5.91 Å². The van der Waals surface area contributed by atoms with Crippen molar-refractivity contribution in [1.29, 1.82) is 0 Å². The zero-order chi connectivity index (χ0) is 19.2. The Kier molecular flexibility index (Phi) is 6.75. The number of carbonyl (C=O) groups is 1. The maximum Gasteiger partial charge on any atom is 0.224 e. The van der Waals surface area contributed by atoms with Crippen molar-refractivity contribution in [3.05, 3.63) is 89.1 Å². The minimum atomic E-state index is -1.30. The van der Waals surface area contributed by atoms with E-state index in [9.17, 15) is 4.79 Å². The summed E-state index contributed by atoms with van der Waals surface area (Å²) in [5.74, 6) is 0.0461. The summed E-state index contributed by atoms with van der Waals surface area (Å²) < 4.78 is 0. The molecule has 0 N–H and O–H groups in total. The van der Waals surface area contributed by atoms with E-state index in [1.807, 2.05) is 35.2 Å². The van der Waals surface area contributed by atoms with Gasteiger partial charge in [-0.25, -0.2) is 0 Å². The lowest BCUT2D eigenvalue weighted by Gasteiger charge is -2.26. The summed E-state index contributed by atoms with van der Waals surface area (Å²) in [6.07, 6.45) is 4.21. The Balaban J connectivity index is 2.49. The van der Waals surface area contributed by atoms with Gasteiger partial charge in [-0.3, -0.25) is 4.79 Å². The van der Waals surface area contributed by atoms with E-state index in [1.54, 1.807) is 6.92 Å². The topological polar surface area (TPSA) is 20.3 Å². The standard InChI is InChI=1S/C23H29NOSi/c1-19-12-9-10-15-22(19)23(16-11-17-26(3,4)5)24(20(2)25)18-21-13-7-6-8-14-21/h6-17H,18H2,1-5H3/b17-11+,23-16-. The Morgan fingerprint density at radius 2 is 1.62 bits per heavy atom. The van der Waals surface area contributed by atoms with Gasteiger partial charge in [-0.05, 0) is 24.1 Å². The number of rotatable bonds is 6. The van der Waals surface area contributed by atoms with Crippen LogP contribution in [0.3, 0.4) is 0 Å². The molecule has 0 heterocycles. The van der Waals surface area contributed by atoms with Gasteiger partial charge >= 0.3 is 0 Å². The van der Waals surface area contributed by atoms with Gasteiger partial charge in [0.25, 0.3) is 0 Å². The molecule has 0 atom stereocenters. The van der Waals surface area contributed by atoms with Crippen LogP contribution in [-0.2, 0) is 11.3 Å². The molecule has 0 unspecified atom stereocenters. The molecule has 0 aliphatic carbocycles. The smallest absolute Gasteiger partial charge is 0.224 e. The zero-order valence-electron chi connectivity index (χ0n) is 16.5. The number of benzene rings is 2. The van der Waals surface area contributed by atoms with E-state index < -0.39 is 8.07 Å². The number of amides is 1. The van der Waals surface area contributed by atoms with Crippen LogP contribution in [0.25, 0.3) is 5.70 Å². The maximum atomic E-state index is 12.5. The van der Waals surface area contributed by atoms with Crippen LogP contribution >= 0.6 is 0 Å². The van der Waals surface area contributed by atoms with Crippen molar-refractivity contribution in [2.75, 3.05) is 0 Å². The highest BCUT2D eigenvalue weighted by Gasteiger charge is 2.17. The van der Waals surface area contributed by atoms with Gasteiger partial charge in [0.05, 0.1) is 20.3 Å². The fourth-order valence-corrected chi connectivity index (χ4v) is 3.42. The van der Waals surface area contributed by atoms with E-state index in [1.165, 1.54) is 5.56 Å². The van der Waals surface area contributed by atoms with Crippen LogP contribution < -0.4 is 0 Å². The highest BCUT2D eigenvalue weighted by atomic mass is 28.3. The number of hydrogen-bond acceptors (Lipinski definition) is 1. The Morgan fingerprint density at radius 3 is 2.19 bits per heavy atom. The molecule has 0 aliphatic heterocycles.